The van der Waals surface area contributed by atoms with Gasteiger partial charge in [-0.25, -0.2) is 4.90 Å². The lowest BCUT2D eigenvalue weighted by Gasteiger charge is -2.16. The Morgan fingerprint density at radius 2 is 1.60 bits per heavy atom. The van der Waals surface area contributed by atoms with Crippen LogP contribution in [0.5, 0.6) is 0 Å². The standard InChI is InChI=1S/C35H29Cl2N3O4S/c1-21(2)22-9-14-27(15-10-22)40-32(41)20-31(35(40)44)45-28-16-12-26(13-17-28)38-34(43)30(18-24-8-11-25(36)19-29(24)37)39-33(42)23-6-4-3-5-7-23/h3-19,21,31H,20H2,1-2H3,(H,38,43)(H,39,42)/b30-18-. The Hall–Kier alpha value is -4.37. The van der Waals surface area contributed by atoms with Crippen LogP contribution in [0.2, 0.25) is 10.0 Å². The van der Waals surface area contributed by atoms with E-state index in [1.165, 1.54) is 22.7 Å². The van der Waals surface area contributed by atoms with Crippen molar-refractivity contribution in [3.8, 4) is 0 Å². The third-order valence-electron chi connectivity index (χ3n) is 7.10. The lowest BCUT2D eigenvalue weighted by atomic mass is 10.0. The fraction of sp³-hybridized carbons (Fsp3) is 0.143. The van der Waals surface area contributed by atoms with Crippen molar-refractivity contribution in [1.82, 2.24) is 5.32 Å². The van der Waals surface area contributed by atoms with Gasteiger partial charge in [-0.15, -0.1) is 11.8 Å². The lowest BCUT2D eigenvalue weighted by molar-refractivity contribution is -0.121. The van der Waals surface area contributed by atoms with E-state index in [-0.39, 0.29) is 23.9 Å². The molecule has 1 aliphatic rings. The van der Waals surface area contributed by atoms with Crippen molar-refractivity contribution >= 4 is 76.0 Å². The molecule has 4 amide bonds. The van der Waals surface area contributed by atoms with Gasteiger partial charge in [-0.1, -0.05) is 73.4 Å². The van der Waals surface area contributed by atoms with Gasteiger partial charge < -0.3 is 10.6 Å². The molecule has 0 saturated carbocycles. The van der Waals surface area contributed by atoms with E-state index in [1.807, 2.05) is 24.3 Å². The summed E-state index contributed by atoms with van der Waals surface area (Å²) in [6.07, 6.45) is 1.57. The maximum atomic E-state index is 13.4. The normalized spacial score (nSPS) is 15.0. The van der Waals surface area contributed by atoms with Gasteiger partial charge in [-0.05, 0) is 83.8 Å². The van der Waals surface area contributed by atoms with Gasteiger partial charge in [0.25, 0.3) is 11.8 Å². The zero-order valence-corrected chi connectivity index (χ0v) is 26.7. The number of amides is 4. The van der Waals surface area contributed by atoms with Crippen molar-refractivity contribution in [3.63, 3.8) is 0 Å². The molecule has 4 aromatic carbocycles. The second-order valence-electron chi connectivity index (χ2n) is 10.6. The first kappa shape index (κ1) is 32.0. The van der Waals surface area contributed by atoms with Crippen molar-refractivity contribution in [1.29, 1.82) is 0 Å². The molecular weight excluding hydrogens is 629 g/mol. The molecule has 0 aliphatic carbocycles. The van der Waals surface area contributed by atoms with Gasteiger partial charge in [0, 0.05) is 32.6 Å². The van der Waals surface area contributed by atoms with Crippen LogP contribution in [0.3, 0.4) is 0 Å². The van der Waals surface area contributed by atoms with Crippen LogP contribution in [0, 0.1) is 0 Å². The molecule has 1 saturated heterocycles. The molecule has 10 heteroatoms. The largest absolute Gasteiger partial charge is 0.321 e. The summed E-state index contributed by atoms with van der Waals surface area (Å²) in [6, 6.07) is 27.7. The van der Waals surface area contributed by atoms with Gasteiger partial charge in [0.05, 0.1) is 10.9 Å². The highest BCUT2D eigenvalue weighted by atomic mass is 35.5. The van der Waals surface area contributed by atoms with Crippen molar-refractivity contribution < 1.29 is 19.2 Å². The predicted molar refractivity (Wildman–Crippen MR) is 181 cm³/mol. The number of carbonyl (C=O) groups is 4. The number of rotatable bonds is 9. The quantitative estimate of drug-likeness (QED) is 0.141. The molecular formula is C35H29Cl2N3O4S. The van der Waals surface area contributed by atoms with E-state index in [9.17, 15) is 19.2 Å². The highest BCUT2D eigenvalue weighted by molar-refractivity contribution is 8.00. The first-order valence-electron chi connectivity index (χ1n) is 14.2. The Balaban J connectivity index is 1.28. The maximum Gasteiger partial charge on any atom is 0.272 e. The van der Waals surface area contributed by atoms with Gasteiger partial charge in [0.15, 0.2) is 0 Å². The highest BCUT2D eigenvalue weighted by Crippen LogP contribution is 2.35. The topological polar surface area (TPSA) is 95.6 Å². The minimum Gasteiger partial charge on any atom is -0.321 e. The first-order chi connectivity index (χ1) is 21.6. The van der Waals surface area contributed by atoms with Crippen LogP contribution in [0.15, 0.2) is 108 Å². The molecule has 7 nitrogen and oxygen atoms in total. The Labute approximate surface area is 275 Å². The summed E-state index contributed by atoms with van der Waals surface area (Å²) in [5, 5.41) is 5.67. The molecule has 4 aromatic rings. The van der Waals surface area contributed by atoms with E-state index in [4.69, 9.17) is 23.2 Å². The number of imide groups is 1. The van der Waals surface area contributed by atoms with E-state index in [1.54, 1.807) is 72.8 Å². The molecule has 45 heavy (non-hydrogen) atoms. The summed E-state index contributed by atoms with van der Waals surface area (Å²) >= 11 is 13.7. The van der Waals surface area contributed by atoms with Gasteiger partial charge in [-0.3, -0.25) is 19.2 Å². The number of nitrogens with zero attached hydrogens (tertiary/aromatic N) is 1. The van der Waals surface area contributed by atoms with Crippen LogP contribution in [0.4, 0.5) is 11.4 Å². The Kier molecular flexibility index (Phi) is 10.1. The number of hydrogen-bond donors (Lipinski definition) is 2. The number of halogens is 2. The average molecular weight is 659 g/mol. The number of anilines is 2. The molecule has 1 heterocycles. The molecule has 0 aromatic heterocycles. The van der Waals surface area contributed by atoms with Crippen LogP contribution < -0.4 is 15.5 Å². The summed E-state index contributed by atoms with van der Waals surface area (Å²) in [4.78, 5) is 54.3. The predicted octanol–water partition coefficient (Wildman–Crippen LogP) is 7.95. The van der Waals surface area contributed by atoms with Crippen LogP contribution in [-0.2, 0) is 14.4 Å². The SMILES string of the molecule is CC(C)c1ccc(N2C(=O)CC(Sc3ccc(NC(=O)/C(=C/c4ccc(Cl)cc4Cl)NC(=O)c4ccccc4)cc3)C2=O)cc1. The summed E-state index contributed by atoms with van der Waals surface area (Å²) in [6.45, 7) is 4.17. The van der Waals surface area contributed by atoms with E-state index in [2.05, 4.69) is 24.5 Å². The van der Waals surface area contributed by atoms with Gasteiger partial charge in [0.1, 0.15) is 5.70 Å². The number of hydrogen-bond acceptors (Lipinski definition) is 5. The third kappa shape index (κ3) is 7.84. The molecule has 5 rings (SSSR count). The summed E-state index contributed by atoms with van der Waals surface area (Å²) in [5.41, 5.74) is 3.01. The number of carbonyl (C=O) groups excluding carboxylic acids is 4. The molecule has 2 N–H and O–H groups in total. The van der Waals surface area contributed by atoms with Gasteiger partial charge in [0.2, 0.25) is 11.8 Å². The third-order valence-corrected chi connectivity index (χ3v) is 8.86. The Morgan fingerprint density at radius 1 is 0.911 bits per heavy atom. The van der Waals surface area contributed by atoms with Crippen LogP contribution in [0.25, 0.3) is 6.08 Å². The molecule has 0 radical (unpaired) electrons. The molecule has 1 fully saturated rings. The van der Waals surface area contributed by atoms with Crippen molar-refractivity contribution in [2.75, 3.05) is 10.2 Å². The summed E-state index contributed by atoms with van der Waals surface area (Å²) < 4.78 is 0. The van der Waals surface area contributed by atoms with Crippen LogP contribution in [-0.4, -0.2) is 28.9 Å². The summed E-state index contributed by atoms with van der Waals surface area (Å²) in [5.74, 6) is -1.19. The zero-order chi connectivity index (χ0) is 32.1. The molecule has 1 aliphatic heterocycles. The van der Waals surface area contributed by atoms with Gasteiger partial charge >= 0.3 is 0 Å². The van der Waals surface area contributed by atoms with E-state index < -0.39 is 17.1 Å². The first-order valence-corrected chi connectivity index (χ1v) is 15.8. The minimum absolute atomic E-state index is 0.0249. The molecule has 0 spiro atoms. The molecule has 228 valence electrons. The number of benzene rings is 4. The molecule has 0 bridgehead atoms. The van der Waals surface area contributed by atoms with Crippen molar-refractivity contribution in [2.24, 2.45) is 0 Å². The fourth-order valence-corrected chi connectivity index (χ4v) is 6.19. The van der Waals surface area contributed by atoms with Crippen LogP contribution >= 0.6 is 35.0 Å². The smallest absolute Gasteiger partial charge is 0.272 e. The second kappa shape index (κ2) is 14.2. The Morgan fingerprint density at radius 3 is 2.24 bits per heavy atom. The number of thioether (sulfide) groups is 1. The monoisotopic (exact) mass is 657 g/mol. The maximum absolute atomic E-state index is 13.4. The van der Waals surface area contributed by atoms with Crippen LogP contribution in [0.1, 0.15) is 47.7 Å². The number of nitrogens with one attached hydrogen (secondary N) is 2. The fourth-order valence-electron chi connectivity index (χ4n) is 4.67. The second-order valence-corrected chi connectivity index (χ2v) is 12.8. The van der Waals surface area contributed by atoms with E-state index in [0.717, 1.165) is 10.5 Å². The van der Waals surface area contributed by atoms with E-state index in [0.29, 0.717) is 38.5 Å². The molecule has 1 atom stereocenters. The average Bonchev–Trinajstić information content (AvgIpc) is 3.31. The van der Waals surface area contributed by atoms with Crippen molar-refractivity contribution in [2.45, 2.75) is 36.3 Å². The Bertz CT molecular complexity index is 1780. The summed E-state index contributed by atoms with van der Waals surface area (Å²) in [7, 11) is 0. The minimum atomic E-state index is -0.568. The molecule has 1 unspecified atom stereocenters. The van der Waals surface area contributed by atoms with E-state index >= 15 is 0 Å². The highest BCUT2D eigenvalue weighted by Gasteiger charge is 2.40. The van der Waals surface area contributed by atoms with Crippen molar-refractivity contribution in [3.05, 3.63) is 129 Å². The lowest BCUT2D eigenvalue weighted by Crippen LogP contribution is -2.31. The van der Waals surface area contributed by atoms with Gasteiger partial charge in [-0.2, -0.15) is 0 Å². The zero-order valence-electron chi connectivity index (χ0n) is 24.4.